The van der Waals surface area contributed by atoms with E-state index < -0.39 is 11.6 Å². The first-order valence-electron chi connectivity index (χ1n) is 9.97. The van der Waals surface area contributed by atoms with Crippen LogP contribution in [0.4, 0.5) is 4.79 Å². The van der Waals surface area contributed by atoms with E-state index in [-0.39, 0.29) is 36.2 Å². The largest absolute Gasteiger partial charge is 0.466 e. The van der Waals surface area contributed by atoms with Crippen LogP contribution < -0.4 is 5.32 Å². The summed E-state index contributed by atoms with van der Waals surface area (Å²) in [4.78, 5) is 52.5. The van der Waals surface area contributed by atoms with Crippen LogP contribution in [0.3, 0.4) is 0 Å². The number of piperidine rings is 1. The molecule has 3 rings (SSSR count). The zero-order valence-corrected chi connectivity index (χ0v) is 16.2. The van der Waals surface area contributed by atoms with Gasteiger partial charge >= 0.3 is 12.0 Å². The molecular formula is C19H29N3O5. The number of amides is 4. The normalized spacial score (nSPS) is 29.2. The lowest BCUT2D eigenvalue weighted by atomic mass is 9.73. The number of esters is 1. The summed E-state index contributed by atoms with van der Waals surface area (Å²) in [5, 5.41) is 2.87. The van der Waals surface area contributed by atoms with Crippen LogP contribution in [0.1, 0.15) is 52.4 Å². The second-order valence-corrected chi connectivity index (χ2v) is 7.85. The molecule has 2 heterocycles. The fourth-order valence-electron chi connectivity index (χ4n) is 4.50. The second kappa shape index (κ2) is 7.86. The van der Waals surface area contributed by atoms with Gasteiger partial charge in [-0.05, 0) is 38.5 Å². The van der Waals surface area contributed by atoms with E-state index in [0.29, 0.717) is 39.0 Å². The molecule has 27 heavy (non-hydrogen) atoms. The molecule has 2 unspecified atom stereocenters. The molecule has 4 amide bonds. The Balaban J connectivity index is 1.58. The summed E-state index contributed by atoms with van der Waals surface area (Å²) in [6.45, 7) is 4.76. The van der Waals surface area contributed by atoms with Gasteiger partial charge in [-0.3, -0.25) is 19.3 Å². The maximum absolute atomic E-state index is 12.9. The third-order valence-corrected chi connectivity index (χ3v) is 6.26. The number of urea groups is 1. The van der Waals surface area contributed by atoms with Crippen LogP contribution in [0.15, 0.2) is 0 Å². The van der Waals surface area contributed by atoms with Crippen LogP contribution in [0.25, 0.3) is 0 Å². The number of ether oxygens (including phenoxy) is 1. The summed E-state index contributed by atoms with van der Waals surface area (Å²) >= 11 is 0. The number of hydrogen-bond acceptors (Lipinski definition) is 5. The number of nitrogens with one attached hydrogen (secondary N) is 1. The highest BCUT2D eigenvalue weighted by molar-refractivity contribution is 6.09. The molecule has 2 aliphatic heterocycles. The van der Waals surface area contributed by atoms with Crippen LogP contribution in [-0.4, -0.2) is 65.4 Å². The average molecular weight is 379 g/mol. The Kier molecular flexibility index (Phi) is 5.72. The minimum absolute atomic E-state index is 0.0723. The van der Waals surface area contributed by atoms with Gasteiger partial charge in [0.25, 0.3) is 5.91 Å². The third kappa shape index (κ3) is 3.66. The summed E-state index contributed by atoms with van der Waals surface area (Å²) in [5.74, 6) is -0.845. The SMILES string of the molecule is CCOC(=O)C1CCN(C(=O)CN2C(=O)NC3(CCCCC3C)C2=O)CC1. The summed E-state index contributed by atoms with van der Waals surface area (Å²) < 4.78 is 5.04. The number of imide groups is 1. The van der Waals surface area contributed by atoms with Crippen LogP contribution in [-0.2, 0) is 19.1 Å². The third-order valence-electron chi connectivity index (χ3n) is 6.26. The van der Waals surface area contributed by atoms with Crippen LogP contribution in [0.2, 0.25) is 0 Å². The summed E-state index contributed by atoms with van der Waals surface area (Å²) in [7, 11) is 0. The van der Waals surface area contributed by atoms with Gasteiger partial charge in [-0.2, -0.15) is 0 Å². The highest BCUT2D eigenvalue weighted by Gasteiger charge is 2.55. The van der Waals surface area contributed by atoms with Crippen molar-refractivity contribution in [2.24, 2.45) is 11.8 Å². The van der Waals surface area contributed by atoms with E-state index in [9.17, 15) is 19.2 Å². The first-order chi connectivity index (χ1) is 12.9. The fraction of sp³-hybridized carbons (Fsp3) is 0.789. The maximum Gasteiger partial charge on any atom is 0.325 e. The van der Waals surface area contributed by atoms with Crippen molar-refractivity contribution in [3.05, 3.63) is 0 Å². The number of carbonyl (C=O) groups is 4. The quantitative estimate of drug-likeness (QED) is 0.586. The van der Waals surface area contributed by atoms with Crippen molar-refractivity contribution in [2.75, 3.05) is 26.2 Å². The monoisotopic (exact) mass is 379 g/mol. The lowest BCUT2D eigenvalue weighted by Crippen LogP contribution is -2.54. The number of likely N-dealkylation sites (tertiary alicyclic amines) is 1. The molecule has 2 atom stereocenters. The van der Waals surface area contributed by atoms with E-state index >= 15 is 0 Å². The molecule has 2 saturated heterocycles. The summed E-state index contributed by atoms with van der Waals surface area (Å²) in [6, 6.07) is -0.469. The van der Waals surface area contributed by atoms with Crippen molar-refractivity contribution in [2.45, 2.75) is 57.9 Å². The summed E-state index contributed by atoms with van der Waals surface area (Å²) in [6.07, 6.45) is 4.58. The Bertz CT molecular complexity index is 629. The van der Waals surface area contributed by atoms with E-state index in [0.717, 1.165) is 24.2 Å². The highest BCUT2D eigenvalue weighted by atomic mass is 16.5. The van der Waals surface area contributed by atoms with Gasteiger partial charge < -0.3 is 15.0 Å². The number of rotatable bonds is 4. The molecule has 1 spiro atoms. The van der Waals surface area contributed by atoms with E-state index in [2.05, 4.69) is 5.32 Å². The van der Waals surface area contributed by atoms with Crippen molar-refractivity contribution < 1.29 is 23.9 Å². The smallest absolute Gasteiger partial charge is 0.325 e. The standard InChI is InChI=1S/C19H29N3O5/c1-3-27-16(24)14-7-10-21(11-8-14)15(23)12-22-17(25)19(20-18(22)26)9-5-4-6-13(19)2/h13-14H,3-12H2,1-2H3,(H,20,26). The second-order valence-electron chi connectivity index (χ2n) is 7.85. The van der Waals surface area contributed by atoms with Crippen molar-refractivity contribution in [3.8, 4) is 0 Å². The first kappa shape index (κ1) is 19.6. The predicted molar refractivity (Wildman–Crippen MR) is 96.5 cm³/mol. The Labute approximate surface area is 159 Å². The molecule has 1 saturated carbocycles. The van der Waals surface area contributed by atoms with Gasteiger partial charge in [0.05, 0.1) is 12.5 Å². The van der Waals surface area contributed by atoms with Gasteiger partial charge in [0.2, 0.25) is 5.91 Å². The van der Waals surface area contributed by atoms with Crippen molar-refractivity contribution >= 4 is 23.8 Å². The molecule has 0 aromatic rings. The van der Waals surface area contributed by atoms with Crippen LogP contribution >= 0.6 is 0 Å². The minimum Gasteiger partial charge on any atom is -0.466 e. The van der Waals surface area contributed by atoms with Crippen molar-refractivity contribution in [1.82, 2.24) is 15.1 Å². The number of nitrogens with zero attached hydrogens (tertiary/aromatic N) is 2. The van der Waals surface area contributed by atoms with Gasteiger partial charge in [0.1, 0.15) is 12.1 Å². The van der Waals surface area contributed by atoms with Crippen LogP contribution in [0, 0.1) is 11.8 Å². The van der Waals surface area contributed by atoms with Crippen LogP contribution in [0.5, 0.6) is 0 Å². The molecule has 0 aromatic heterocycles. The molecule has 3 fully saturated rings. The Hall–Kier alpha value is -2.12. The van der Waals surface area contributed by atoms with E-state index in [1.54, 1.807) is 11.8 Å². The molecule has 0 bridgehead atoms. The number of hydrogen-bond donors (Lipinski definition) is 1. The van der Waals surface area contributed by atoms with E-state index in [1.807, 2.05) is 6.92 Å². The van der Waals surface area contributed by atoms with E-state index in [1.165, 1.54) is 0 Å². The van der Waals surface area contributed by atoms with Crippen molar-refractivity contribution in [3.63, 3.8) is 0 Å². The Morgan fingerprint density at radius 2 is 1.89 bits per heavy atom. The zero-order valence-electron chi connectivity index (χ0n) is 16.2. The predicted octanol–water partition coefficient (Wildman–Crippen LogP) is 1.29. The Morgan fingerprint density at radius 1 is 1.19 bits per heavy atom. The lowest BCUT2D eigenvalue weighted by molar-refractivity contribution is -0.151. The molecule has 3 aliphatic rings. The molecule has 0 aromatic carbocycles. The van der Waals surface area contributed by atoms with Gasteiger partial charge in [-0.1, -0.05) is 19.8 Å². The number of carbonyl (C=O) groups excluding carboxylic acids is 4. The van der Waals surface area contributed by atoms with Gasteiger partial charge in [0.15, 0.2) is 0 Å². The summed E-state index contributed by atoms with van der Waals surface area (Å²) in [5.41, 5.74) is -0.841. The lowest BCUT2D eigenvalue weighted by Gasteiger charge is -2.37. The van der Waals surface area contributed by atoms with Gasteiger partial charge in [-0.15, -0.1) is 0 Å². The average Bonchev–Trinajstić information content (AvgIpc) is 2.89. The molecule has 1 aliphatic carbocycles. The van der Waals surface area contributed by atoms with Gasteiger partial charge in [-0.25, -0.2) is 4.79 Å². The minimum atomic E-state index is -0.841. The Morgan fingerprint density at radius 3 is 2.52 bits per heavy atom. The van der Waals surface area contributed by atoms with Gasteiger partial charge in [0, 0.05) is 13.1 Å². The molecule has 150 valence electrons. The molecule has 0 radical (unpaired) electrons. The fourth-order valence-corrected chi connectivity index (χ4v) is 4.50. The maximum atomic E-state index is 12.9. The highest BCUT2D eigenvalue weighted by Crippen LogP contribution is 2.38. The van der Waals surface area contributed by atoms with E-state index in [4.69, 9.17) is 4.74 Å². The molecule has 8 nitrogen and oxygen atoms in total. The topological polar surface area (TPSA) is 96.0 Å². The first-order valence-corrected chi connectivity index (χ1v) is 9.97. The van der Waals surface area contributed by atoms with Crippen molar-refractivity contribution in [1.29, 1.82) is 0 Å². The zero-order chi connectivity index (χ0) is 19.6. The molecular weight excluding hydrogens is 350 g/mol. The molecule has 8 heteroatoms. The molecule has 1 N–H and O–H groups in total.